The molecule has 0 saturated heterocycles. The van der Waals surface area contributed by atoms with E-state index in [0.29, 0.717) is 27.3 Å². The van der Waals surface area contributed by atoms with Crippen molar-refractivity contribution in [3.05, 3.63) is 52.3 Å². The summed E-state index contributed by atoms with van der Waals surface area (Å²) in [5.41, 5.74) is 6.20. The summed E-state index contributed by atoms with van der Waals surface area (Å²) in [7, 11) is 1.54. The SMILES string of the molecule is COc1ccc(C(N)=S)c(Oc2ccc(Br)c(F)c2)c1. The number of methoxy groups -OCH3 is 1. The molecule has 0 aromatic heterocycles. The molecule has 104 valence electrons. The number of rotatable bonds is 4. The van der Waals surface area contributed by atoms with E-state index in [9.17, 15) is 4.39 Å². The van der Waals surface area contributed by atoms with Crippen LogP contribution < -0.4 is 15.2 Å². The average Bonchev–Trinajstić information content (AvgIpc) is 2.42. The van der Waals surface area contributed by atoms with Gasteiger partial charge in [0.2, 0.25) is 0 Å². The number of nitrogens with two attached hydrogens (primary N) is 1. The lowest BCUT2D eigenvalue weighted by molar-refractivity contribution is 0.408. The van der Waals surface area contributed by atoms with Crippen LogP contribution in [-0.2, 0) is 0 Å². The number of hydrogen-bond acceptors (Lipinski definition) is 3. The molecule has 0 atom stereocenters. The number of benzene rings is 2. The van der Waals surface area contributed by atoms with Crippen molar-refractivity contribution in [1.29, 1.82) is 0 Å². The summed E-state index contributed by atoms with van der Waals surface area (Å²) in [5.74, 6) is 0.940. The zero-order valence-electron chi connectivity index (χ0n) is 10.5. The van der Waals surface area contributed by atoms with Crippen LogP contribution in [0.4, 0.5) is 4.39 Å². The highest BCUT2D eigenvalue weighted by Crippen LogP contribution is 2.31. The van der Waals surface area contributed by atoms with E-state index < -0.39 is 5.82 Å². The first-order valence-corrected chi connectivity index (χ1v) is 6.82. The highest BCUT2D eigenvalue weighted by atomic mass is 79.9. The summed E-state index contributed by atoms with van der Waals surface area (Å²) in [6.07, 6.45) is 0. The molecule has 0 fully saturated rings. The summed E-state index contributed by atoms with van der Waals surface area (Å²) in [6, 6.07) is 9.54. The molecule has 2 rings (SSSR count). The van der Waals surface area contributed by atoms with Crippen molar-refractivity contribution in [2.45, 2.75) is 0 Å². The van der Waals surface area contributed by atoms with Crippen LogP contribution in [0.3, 0.4) is 0 Å². The second-order valence-corrected chi connectivity index (χ2v) is 5.20. The maximum absolute atomic E-state index is 13.5. The number of hydrogen-bond donors (Lipinski definition) is 1. The van der Waals surface area contributed by atoms with Gasteiger partial charge in [0.05, 0.1) is 17.1 Å². The molecule has 2 aromatic rings. The monoisotopic (exact) mass is 355 g/mol. The molecule has 0 aliphatic rings. The summed E-state index contributed by atoms with van der Waals surface area (Å²) in [4.78, 5) is 0.195. The van der Waals surface area contributed by atoms with Crippen LogP contribution in [0.1, 0.15) is 5.56 Å². The Morgan fingerprint density at radius 3 is 2.50 bits per heavy atom. The van der Waals surface area contributed by atoms with E-state index in [4.69, 9.17) is 27.4 Å². The molecule has 6 heteroatoms. The van der Waals surface area contributed by atoms with Gasteiger partial charge in [0.1, 0.15) is 28.1 Å². The van der Waals surface area contributed by atoms with Gasteiger partial charge in [0.15, 0.2) is 0 Å². The normalized spacial score (nSPS) is 10.2. The third kappa shape index (κ3) is 3.26. The summed E-state index contributed by atoms with van der Waals surface area (Å²) >= 11 is 8.05. The fourth-order valence-corrected chi connectivity index (χ4v) is 2.00. The second kappa shape index (κ2) is 6.19. The summed E-state index contributed by atoms with van der Waals surface area (Å²) < 4.78 is 24.6. The molecule has 0 aliphatic carbocycles. The Morgan fingerprint density at radius 1 is 1.20 bits per heavy atom. The summed E-state index contributed by atoms with van der Waals surface area (Å²) in [6.45, 7) is 0. The molecule has 3 nitrogen and oxygen atoms in total. The van der Waals surface area contributed by atoms with Gasteiger partial charge >= 0.3 is 0 Å². The zero-order valence-corrected chi connectivity index (χ0v) is 12.9. The van der Waals surface area contributed by atoms with E-state index in [1.807, 2.05) is 0 Å². The minimum Gasteiger partial charge on any atom is -0.497 e. The van der Waals surface area contributed by atoms with Crippen LogP contribution in [0.2, 0.25) is 0 Å². The van der Waals surface area contributed by atoms with Crippen LogP contribution in [-0.4, -0.2) is 12.1 Å². The number of thiocarbonyl (C=S) groups is 1. The molecular formula is C14H11BrFNO2S. The molecule has 2 N–H and O–H groups in total. The van der Waals surface area contributed by atoms with E-state index in [1.54, 1.807) is 37.4 Å². The van der Waals surface area contributed by atoms with Crippen molar-refractivity contribution < 1.29 is 13.9 Å². The average molecular weight is 356 g/mol. The first-order chi connectivity index (χ1) is 9.51. The van der Waals surface area contributed by atoms with Crippen LogP contribution in [0.15, 0.2) is 40.9 Å². The maximum atomic E-state index is 13.5. The lowest BCUT2D eigenvalue weighted by Crippen LogP contribution is -2.10. The molecule has 0 aliphatic heterocycles. The van der Waals surface area contributed by atoms with E-state index >= 15 is 0 Å². The van der Waals surface area contributed by atoms with Crippen molar-refractivity contribution in [3.8, 4) is 17.2 Å². The minimum atomic E-state index is -0.415. The van der Waals surface area contributed by atoms with E-state index in [1.165, 1.54) is 6.07 Å². The third-order valence-corrected chi connectivity index (χ3v) is 3.44. The molecular weight excluding hydrogens is 345 g/mol. The topological polar surface area (TPSA) is 44.5 Å². The van der Waals surface area contributed by atoms with Gasteiger partial charge < -0.3 is 15.2 Å². The van der Waals surface area contributed by atoms with Crippen LogP contribution >= 0.6 is 28.1 Å². The Hall–Kier alpha value is -1.66. The molecule has 0 radical (unpaired) electrons. The van der Waals surface area contributed by atoms with Crippen LogP contribution in [0.5, 0.6) is 17.2 Å². The molecule has 0 spiro atoms. The van der Waals surface area contributed by atoms with Gasteiger partial charge in [0, 0.05) is 12.1 Å². The van der Waals surface area contributed by atoms with Gasteiger partial charge in [-0.1, -0.05) is 12.2 Å². The predicted molar refractivity (Wildman–Crippen MR) is 83.1 cm³/mol. The Morgan fingerprint density at radius 2 is 1.90 bits per heavy atom. The lowest BCUT2D eigenvalue weighted by Gasteiger charge is -2.12. The van der Waals surface area contributed by atoms with Crippen molar-refractivity contribution in [1.82, 2.24) is 0 Å². The first kappa shape index (κ1) is 14.7. The smallest absolute Gasteiger partial charge is 0.141 e. The maximum Gasteiger partial charge on any atom is 0.141 e. The largest absolute Gasteiger partial charge is 0.497 e. The Labute approximate surface area is 129 Å². The molecule has 0 saturated carbocycles. The number of halogens is 2. The van der Waals surface area contributed by atoms with Gasteiger partial charge in [-0.15, -0.1) is 0 Å². The Bertz CT molecular complexity index is 664. The molecule has 20 heavy (non-hydrogen) atoms. The van der Waals surface area contributed by atoms with Crippen molar-refractivity contribution in [2.24, 2.45) is 5.73 Å². The van der Waals surface area contributed by atoms with Crippen LogP contribution in [0.25, 0.3) is 0 Å². The molecule has 0 heterocycles. The van der Waals surface area contributed by atoms with Gasteiger partial charge in [-0.25, -0.2) is 4.39 Å². The molecule has 0 unspecified atom stereocenters. The van der Waals surface area contributed by atoms with E-state index in [0.717, 1.165) is 0 Å². The van der Waals surface area contributed by atoms with Gasteiger partial charge in [-0.3, -0.25) is 0 Å². The fourth-order valence-electron chi connectivity index (χ4n) is 1.58. The third-order valence-electron chi connectivity index (χ3n) is 2.57. The summed E-state index contributed by atoms with van der Waals surface area (Å²) in [5, 5.41) is 0. The van der Waals surface area contributed by atoms with Crippen molar-refractivity contribution in [2.75, 3.05) is 7.11 Å². The van der Waals surface area contributed by atoms with Gasteiger partial charge in [-0.05, 0) is 40.2 Å². The Balaban J connectivity index is 2.40. The quantitative estimate of drug-likeness (QED) is 0.841. The van der Waals surface area contributed by atoms with E-state index in [-0.39, 0.29) is 4.99 Å². The predicted octanol–water partition coefficient (Wildman–Crippen LogP) is 4.02. The second-order valence-electron chi connectivity index (χ2n) is 3.90. The number of ether oxygens (including phenoxy) is 2. The van der Waals surface area contributed by atoms with Crippen molar-refractivity contribution >= 4 is 33.1 Å². The molecule has 2 aromatic carbocycles. The lowest BCUT2D eigenvalue weighted by atomic mass is 10.2. The standard InChI is InChI=1S/C14H11BrFNO2S/c1-18-8-2-4-10(14(17)20)13(7-8)19-9-3-5-11(15)12(16)6-9/h2-7H,1H3,(H2,17,20). The van der Waals surface area contributed by atoms with Gasteiger partial charge in [0.25, 0.3) is 0 Å². The van der Waals surface area contributed by atoms with E-state index in [2.05, 4.69) is 15.9 Å². The minimum absolute atomic E-state index is 0.195. The van der Waals surface area contributed by atoms with Gasteiger partial charge in [-0.2, -0.15) is 0 Å². The highest BCUT2D eigenvalue weighted by Gasteiger charge is 2.10. The first-order valence-electron chi connectivity index (χ1n) is 5.62. The van der Waals surface area contributed by atoms with Crippen molar-refractivity contribution in [3.63, 3.8) is 0 Å². The van der Waals surface area contributed by atoms with Crippen LogP contribution in [0, 0.1) is 5.82 Å². The highest BCUT2D eigenvalue weighted by molar-refractivity contribution is 9.10. The molecule has 0 bridgehead atoms. The molecule has 0 amide bonds. The Kier molecular flexibility index (Phi) is 4.57. The zero-order chi connectivity index (χ0) is 14.7. The fraction of sp³-hybridized carbons (Fsp3) is 0.0714.